The SMILES string of the molecule is COc1cc(COc2cc(OC)cc3oc(-c4cn5nc(OC)sc5n4)cc23)cc(-c2ccc(Cl)nc2)c1. The minimum atomic E-state index is 0.290. The van der Waals surface area contributed by atoms with Crippen LogP contribution in [0.3, 0.4) is 0 Å². The molecule has 0 unspecified atom stereocenters. The van der Waals surface area contributed by atoms with Crippen LogP contribution < -0.4 is 18.9 Å². The van der Waals surface area contributed by atoms with Gasteiger partial charge in [-0.2, -0.15) is 0 Å². The molecule has 4 heterocycles. The van der Waals surface area contributed by atoms with Crippen molar-refractivity contribution in [3.8, 4) is 45.0 Å². The summed E-state index contributed by atoms with van der Waals surface area (Å²) >= 11 is 7.31. The molecule has 192 valence electrons. The Labute approximate surface area is 226 Å². The number of fused-ring (bicyclic) bond motifs is 2. The highest BCUT2D eigenvalue weighted by Crippen LogP contribution is 2.38. The molecule has 0 fully saturated rings. The number of ether oxygens (including phenoxy) is 4. The van der Waals surface area contributed by atoms with E-state index in [-0.39, 0.29) is 6.61 Å². The molecule has 0 N–H and O–H groups in total. The molecule has 0 aliphatic carbocycles. The highest BCUT2D eigenvalue weighted by Gasteiger charge is 2.17. The average Bonchev–Trinajstić information content (AvgIpc) is 3.64. The molecule has 0 aliphatic heterocycles. The number of rotatable bonds is 8. The fourth-order valence-corrected chi connectivity index (χ4v) is 4.88. The summed E-state index contributed by atoms with van der Waals surface area (Å²) in [5, 5.41) is 6.11. The Morgan fingerprint density at radius 2 is 1.79 bits per heavy atom. The molecule has 0 bridgehead atoms. The van der Waals surface area contributed by atoms with Gasteiger partial charge in [-0.25, -0.2) is 14.5 Å². The number of imidazole rings is 1. The lowest BCUT2D eigenvalue weighted by Crippen LogP contribution is -1.98. The van der Waals surface area contributed by atoms with Gasteiger partial charge in [0, 0.05) is 23.9 Å². The number of benzene rings is 2. The molecule has 0 atom stereocenters. The first-order valence-corrected chi connectivity index (χ1v) is 12.7. The second kappa shape index (κ2) is 9.88. The lowest BCUT2D eigenvalue weighted by Gasteiger charge is -2.12. The van der Waals surface area contributed by atoms with E-state index < -0.39 is 0 Å². The van der Waals surface area contributed by atoms with Crippen molar-refractivity contribution in [2.75, 3.05) is 21.3 Å². The first-order chi connectivity index (χ1) is 18.5. The first-order valence-electron chi connectivity index (χ1n) is 11.5. The van der Waals surface area contributed by atoms with Crippen LogP contribution in [0.4, 0.5) is 0 Å². The topological polar surface area (TPSA) is 93.1 Å². The van der Waals surface area contributed by atoms with Crippen LogP contribution in [0, 0.1) is 0 Å². The summed E-state index contributed by atoms with van der Waals surface area (Å²) in [6, 6.07) is 15.2. The van der Waals surface area contributed by atoms with Gasteiger partial charge in [0.25, 0.3) is 5.19 Å². The van der Waals surface area contributed by atoms with Crippen LogP contribution in [0.15, 0.2) is 65.3 Å². The van der Waals surface area contributed by atoms with Crippen LogP contribution in [0.1, 0.15) is 5.56 Å². The minimum Gasteiger partial charge on any atom is -0.497 e. The molecule has 11 heteroatoms. The van der Waals surface area contributed by atoms with Gasteiger partial charge in [0.15, 0.2) is 5.76 Å². The molecule has 0 saturated heterocycles. The van der Waals surface area contributed by atoms with Gasteiger partial charge in [-0.3, -0.25) is 0 Å². The predicted octanol–water partition coefficient (Wildman–Crippen LogP) is 6.52. The molecule has 6 rings (SSSR count). The van der Waals surface area contributed by atoms with E-state index in [1.54, 1.807) is 44.3 Å². The molecule has 0 radical (unpaired) electrons. The molecular weight excluding hydrogens is 528 g/mol. The second-order valence-corrected chi connectivity index (χ2v) is 9.61. The Bertz CT molecular complexity index is 1730. The molecule has 0 aliphatic rings. The summed E-state index contributed by atoms with van der Waals surface area (Å²) in [6.45, 7) is 0.290. The van der Waals surface area contributed by atoms with Crippen molar-refractivity contribution in [2.24, 2.45) is 0 Å². The van der Waals surface area contributed by atoms with Gasteiger partial charge in [0.1, 0.15) is 40.3 Å². The van der Waals surface area contributed by atoms with Gasteiger partial charge in [0.2, 0.25) is 4.96 Å². The van der Waals surface area contributed by atoms with E-state index in [2.05, 4.69) is 15.1 Å². The fraction of sp³-hybridized carbons (Fsp3) is 0.148. The Hall–Kier alpha value is -4.28. The fourth-order valence-electron chi connectivity index (χ4n) is 4.07. The van der Waals surface area contributed by atoms with Crippen LogP contribution in [0.5, 0.6) is 22.4 Å². The Balaban J connectivity index is 1.32. The van der Waals surface area contributed by atoms with Crippen LogP contribution >= 0.6 is 22.9 Å². The zero-order valence-electron chi connectivity index (χ0n) is 20.6. The zero-order valence-corrected chi connectivity index (χ0v) is 22.2. The van der Waals surface area contributed by atoms with Gasteiger partial charge in [0.05, 0.1) is 32.9 Å². The number of nitrogens with zero attached hydrogens (tertiary/aromatic N) is 4. The zero-order chi connectivity index (χ0) is 26.2. The van der Waals surface area contributed by atoms with Crippen molar-refractivity contribution in [1.82, 2.24) is 19.6 Å². The normalized spacial score (nSPS) is 11.3. The van der Waals surface area contributed by atoms with Gasteiger partial charge < -0.3 is 23.4 Å². The highest BCUT2D eigenvalue weighted by molar-refractivity contribution is 7.18. The molecule has 0 saturated carbocycles. The summed E-state index contributed by atoms with van der Waals surface area (Å²) in [6.07, 6.45) is 3.53. The van der Waals surface area contributed by atoms with Crippen molar-refractivity contribution < 1.29 is 23.4 Å². The highest BCUT2D eigenvalue weighted by atomic mass is 35.5. The molecule has 6 aromatic rings. The standard InChI is InChI=1S/C27H21ClN4O5S/c1-33-18-7-15(6-17(8-18)16-4-5-25(28)29-12-16)14-36-22-9-19(34-2)10-23-20(22)11-24(37-23)21-13-32-26(30-21)38-27(31-32)35-3/h4-13H,14H2,1-3H3. The van der Waals surface area contributed by atoms with Crippen molar-refractivity contribution in [2.45, 2.75) is 6.61 Å². The Kier molecular flexibility index (Phi) is 6.26. The molecule has 2 aromatic carbocycles. The maximum absolute atomic E-state index is 6.30. The van der Waals surface area contributed by atoms with E-state index in [1.165, 1.54) is 11.3 Å². The maximum atomic E-state index is 6.30. The third-order valence-corrected chi connectivity index (χ3v) is 7.02. The molecule has 4 aromatic heterocycles. The number of hydrogen-bond acceptors (Lipinski definition) is 9. The number of methoxy groups -OCH3 is 3. The average molecular weight is 549 g/mol. The van der Waals surface area contributed by atoms with Gasteiger partial charge >= 0.3 is 0 Å². The lowest BCUT2D eigenvalue weighted by atomic mass is 10.0. The van der Waals surface area contributed by atoms with E-state index >= 15 is 0 Å². The number of aromatic nitrogens is 4. The van der Waals surface area contributed by atoms with Crippen molar-refractivity contribution in [1.29, 1.82) is 0 Å². The van der Waals surface area contributed by atoms with Crippen molar-refractivity contribution in [3.63, 3.8) is 0 Å². The van der Waals surface area contributed by atoms with E-state index in [1.807, 2.05) is 42.5 Å². The van der Waals surface area contributed by atoms with E-state index in [0.717, 1.165) is 22.1 Å². The smallest absolute Gasteiger partial charge is 0.294 e. The van der Waals surface area contributed by atoms with E-state index in [4.69, 9.17) is 35.0 Å². The predicted molar refractivity (Wildman–Crippen MR) is 145 cm³/mol. The molecule has 0 spiro atoms. The van der Waals surface area contributed by atoms with E-state index in [0.29, 0.717) is 49.6 Å². The summed E-state index contributed by atoms with van der Waals surface area (Å²) < 4.78 is 30.3. The Morgan fingerprint density at radius 3 is 2.53 bits per heavy atom. The first kappa shape index (κ1) is 24.1. The lowest BCUT2D eigenvalue weighted by molar-refractivity contribution is 0.306. The number of furan rings is 1. The van der Waals surface area contributed by atoms with Gasteiger partial charge in [-0.15, -0.1) is 5.10 Å². The molecular formula is C27H21ClN4O5S. The van der Waals surface area contributed by atoms with E-state index in [9.17, 15) is 0 Å². The Morgan fingerprint density at radius 1 is 0.947 bits per heavy atom. The van der Waals surface area contributed by atoms with Crippen LogP contribution in [0.2, 0.25) is 5.15 Å². The second-order valence-electron chi connectivity index (χ2n) is 8.30. The largest absolute Gasteiger partial charge is 0.497 e. The number of halogens is 1. The van der Waals surface area contributed by atoms with Crippen LogP contribution in [-0.2, 0) is 6.61 Å². The quantitative estimate of drug-likeness (QED) is 0.198. The maximum Gasteiger partial charge on any atom is 0.294 e. The third kappa shape index (κ3) is 4.59. The number of pyridine rings is 1. The van der Waals surface area contributed by atoms with Crippen molar-refractivity contribution in [3.05, 3.63) is 71.6 Å². The molecule has 38 heavy (non-hydrogen) atoms. The monoisotopic (exact) mass is 548 g/mol. The summed E-state index contributed by atoms with van der Waals surface area (Å²) in [5.74, 6) is 2.54. The third-order valence-electron chi connectivity index (χ3n) is 5.92. The molecule has 9 nitrogen and oxygen atoms in total. The summed E-state index contributed by atoms with van der Waals surface area (Å²) in [5.41, 5.74) is 4.06. The molecule has 0 amide bonds. The van der Waals surface area contributed by atoms with Crippen molar-refractivity contribution >= 4 is 38.9 Å². The van der Waals surface area contributed by atoms with Gasteiger partial charge in [-0.1, -0.05) is 11.6 Å². The number of hydrogen-bond donors (Lipinski definition) is 0. The minimum absolute atomic E-state index is 0.290. The summed E-state index contributed by atoms with van der Waals surface area (Å²) in [7, 11) is 4.81. The van der Waals surface area contributed by atoms with Gasteiger partial charge in [-0.05, 0) is 58.9 Å². The van der Waals surface area contributed by atoms with Crippen LogP contribution in [-0.4, -0.2) is 40.9 Å². The summed E-state index contributed by atoms with van der Waals surface area (Å²) in [4.78, 5) is 9.51. The van der Waals surface area contributed by atoms with Crippen LogP contribution in [0.25, 0.3) is 38.5 Å².